The van der Waals surface area contributed by atoms with E-state index in [4.69, 9.17) is 9.47 Å². The average molecular weight is 390 g/mol. The molecule has 0 radical (unpaired) electrons. The van der Waals surface area contributed by atoms with Crippen LogP contribution in [0.2, 0.25) is 0 Å². The van der Waals surface area contributed by atoms with Crippen LogP contribution in [0.25, 0.3) is 22.0 Å². The summed E-state index contributed by atoms with van der Waals surface area (Å²) in [6, 6.07) is 21.4. The van der Waals surface area contributed by atoms with E-state index in [9.17, 15) is 4.79 Å². The minimum atomic E-state index is -0.246. The first kappa shape index (κ1) is 18.0. The third kappa shape index (κ3) is 4.13. The molecule has 1 amide bonds. The second kappa shape index (κ2) is 8.10. The minimum Gasteiger partial charge on any atom is -0.497 e. The highest BCUT2D eigenvalue weighted by atomic mass is 32.1. The van der Waals surface area contributed by atoms with E-state index in [1.807, 2.05) is 72.1 Å². The van der Waals surface area contributed by atoms with Gasteiger partial charge in [-0.25, -0.2) is 4.98 Å². The number of hydrogen-bond acceptors (Lipinski definition) is 5. The summed E-state index contributed by atoms with van der Waals surface area (Å²) in [6.07, 6.45) is 0. The molecular formula is C22H18N2O3S. The SMILES string of the molecule is COc1ccc(-c2csc(NC(=O)COc3ccc4ccccc4c3)n2)cc1. The van der Waals surface area contributed by atoms with Crippen molar-refractivity contribution in [2.75, 3.05) is 19.0 Å². The molecule has 0 unspecified atom stereocenters. The fraction of sp³-hybridized carbons (Fsp3) is 0.0909. The number of thiazole rings is 1. The smallest absolute Gasteiger partial charge is 0.264 e. The standard InChI is InChI=1S/C22H18N2O3S/c1-26-18-9-7-16(8-10-18)20-14-28-22(23-20)24-21(25)13-27-19-11-6-15-4-2-3-5-17(15)12-19/h2-12,14H,13H2,1H3,(H,23,24,25). The van der Waals surface area contributed by atoms with E-state index in [1.54, 1.807) is 7.11 Å². The predicted octanol–water partition coefficient (Wildman–Crippen LogP) is 4.99. The van der Waals surface area contributed by atoms with Crippen LogP contribution in [0.15, 0.2) is 72.1 Å². The number of hydrogen-bond donors (Lipinski definition) is 1. The largest absolute Gasteiger partial charge is 0.497 e. The second-order valence-corrected chi connectivity index (χ2v) is 6.97. The maximum absolute atomic E-state index is 12.2. The summed E-state index contributed by atoms with van der Waals surface area (Å²) in [5.74, 6) is 1.20. The number of aromatic nitrogens is 1. The fourth-order valence-electron chi connectivity index (χ4n) is 2.79. The molecule has 5 nitrogen and oxygen atoms in total. The van der Waals surface area contributed by atoms with E-state index < -0.39 is 0 Å². The Morgan fingerprint density at radius 3 is 2.54 bits per heavy atom. The zero-order chi connectivity index (χ0) is 19.3. The third-order valence-electron chi connectivity index (χ3n) is 4.23. The molecule has 0 saturated heterocycles. The van der Waals surface area contributed by atoms with E-state index in [-0.39, 0.29) is 12.5 Å². The van der Waals surface area contributed by atoms with Crippen LogP contribution in [0.4, 0.5) is 5.13 Å². The van der Waals surface area contributed by atoms with Crippen molar-refractivity contribution >= 4 is 33.1 Å². The Kier molecular flexibility index (Phi) is 5.21. The topological polar surface area (TPSA) is 60.5 Å². The summed E-state index contributed by atoms with van der Waals surface area (Å²) < 4.78 is 10.8. The zero-order valence-electron chi connectivity index (χ0n) is 15.2. The second-order valence-electron chi connectivity index (χ2n) is 6.11. The Balaban J connectivity index is 1.36. The average Bonchev–Trinajstić information content (AvgIpc) is 3.20. The van der Waals surface area contributed by atoms with Gasteiger partial charge in [0, 0.05) is 10.9 Å². The molecule has 140 valence electrons. The summed E-state index contributed by atoms with van der Waals surface area (Å²) >= 11 is 1.38. The maximum atomic E-state index is 12.2. The van der Waals surface area contributed by atoms with E-state index in [1.165, 1.54) is 11.3 Å². The van der Waals surface area contributed by atoms with Gasteiger partial charge in [0.05, 0.1) is 12.8 Å². The number of benzene rings is 3. The summed E-state index contributed by atoms with van der Waals surface area (Å²) in [6.45, 7) is -0.0736. The lowest BCUT2D eigenvalue weighted by Gasteiger charge is -2.07. The highest BCUT2D eigenvalue weighted by Gasteiger charge is 2.09. The van der Waals surface area contributed by atoms with Gasteiger partial charge in [0.25, 0.3) is 5.91 Å². The van der Waals surface area contributed by atoms with Crippen molar-refractivity contribution in [2.45, 2.75) is 0 Å². The molecule has 28 heavy (non-hydrogen) atoms. The molecule has 1 heterocycles. The van der Waals surface area contributed by atoms with Crippen molar-refractivity contribution in [1.82, 2.24) is 4.98 Å². The molecule has 6 heteroatoms. The molecular weight excluding hydrogens is 372 g/mol. The molecule has 1 N–H and O–H groups in total. The van der Waals surface area contributed by atoms with Crippen molar-refractivity contribution in [3.8, 4) is 22.8 Å². The Labute approximate surface area is 166 Å². The Hall–Kier alpha value is -3.38. The molecule has 0 aliphatic heterocycles. The molecule has 0 fully saturated rings. The van der Waals surface area contributed by atoms with Crippen molar-refractivity contribution in [3.05, 3.63) is 72.1 Å². The predicted molar refractivity (Wildman–Crippen MR) is 112 cm³/mol. The van der Waals surface area contributed by atoms with Crippen LogP contribution in [-0.4, -0.2) is 24.6 Å². The van der Waals surface area contributed by atoms with Crippen molar-refractivity contribution in [3.63, 3.8) is 0 Å². The number of ether oxygens (including phenoxy) is 2. The van der Waals surface area contributed by atoms with Gasteiger partial charge >= 0.3 is 0 Å². The molecule has 3 aromatic carbocycles. The number of nitrogens with zero attached hydrogens (tertiary/aromatic N) is 1. The van der Waals surface area contributed by atoms with Gasteiger partial charge in [-0.2, -0.15) is 0 Å². The lowest BCUT2D eigenvalue weighted by molar-refractivity contribution is -0.118. The first-order valence-electron chi connectivity index (χ1n) is 8.73. The number of anilines is 1. The Bertz CT molecular complexity index is 1110. The monoisotopic (exact) mass is 390 g/mol. The van der Waals surface area contributed by atoms with Gasteiger partial charge in [0.2, 0.25) is 0 Å². The minimum absolute atomic E-state index is 0.0736. The lowest BCUT2D eigenvalue weighted by Crippen LogP contribution is -2.20. The number of carbonyl (C=O) groups is 1. The Morgan fingerprint density at radius 1 is 1.00 bits per heavy atom. The number of rotatable bonds is 6. The number of fused-ring (bicyclic) bond motifs is 1. The molecule has 1 aromatic heterocycles. The van der Waals surface area contributed by atoms with E-state index in [0.717, 1.165) is 27.8 Å². The molecule has 0 aliphatic rings. The zero-order valence-corrected chi connectivity index (χ0v) is 16.0. The molecule has 0 aliphatic carbocycles. The van der Waals surface area contributed by atoms with Gasteiger partial charge in [-0.1, -0.05) is 30.3 Å². The van der Waals surface area contributed by atoms with Gasteiger partial charge in [-0.05, 0) is 47.2 Å². The molecule has 0 atom stereocenters. The highest BCUT2D eigenvalue weighted by Crippen LogP contribution is 2.26. The van der Waals surface area contributed by atoms with Crippen LogP contribution in [0.1, 0.15) is 0 Å². The number of nitrogens with one attached hydrogen (secondary N) is 1. The summed E-state index contributed by atoms with van der Waals surface area (Å²) in [5, 5.41) is 7.43. The van der Waals surface area contributed by atoms with Crippen LogP contribution in [0.5, 0.6) is 11.5 Å². The van der Waals surface area contributed by atoms with Crippen LogP contribution >= 0.6 is 11.3 Å². The first-order valence-corrected chi connectivity index (χ1v) is 9.60. The maximum Gasteiger partial charge on any atom is 0.264 e. The summed E-state index contributed by atoms with van der Waals surface area (Å²) in [7, 11) is 1.63. The third-order valence-corrected chi connectivity index (χ3v) is 4.98. The highest BCUT2D eigenvalue weighted by molar-refractivity contribution is 7.14. The molecule has 4 rings (SSSR count). The van der Waals surface area contributed by atoms with Crippen molar-refractivity contribution < 1.29 is 14.3 Å². The lowest BCUT2D eigenvalue weighted by atomic mass is 10.1. The van der Waals surface area contributed by atoms with Gasteiger partial charge < -0.3 is 9.47 Å². The molecule has 0 spiro atoms. The molecule has 0 bridgehead atoms. The van der Waals surface area contributed by atoms with E-state index >= 15 is 0 Å². The quantitative estimate of drug-likeness (QED) is 0.504. The van der Waals surface area contributed by atoms with Gasteiger partial charge in [-0.15, -0.1) is 11.3 Å². The summed E-state index contributed by atoms with van der Waals surface area (Å²) in [4.78, 5) is 16.7. The fourth-order valence-corrected chi connectivity index (χ4v) is 3.52. The van der Waals surface area contributed by atoms with Gasteiger partial charge in [-0.3, -0.25) is 10.1 Å². The normalized spacial score (nSPS) is 10.6. The van der Waals surface area contributed by atoms with E-state index in [0.29, 0.717) is 10.9 Å². The van der Waals surface area contributed by atoms with Gasteiger partial charge in [0.1, 0.15) is 11.5 Å². The van der Waals surface area contributed by atoms with E-state index in [2.05, 4.69) is 10.3 Å². The van der Waals surface area contributed by atoms with Crippen molar-refractivity contribution in [2.24, 2.45) is 0 Å². The number of carbonyl (C=O) groups excluding carboxylic acids is 1. The molecule has 0 saturated carbocycles. The number of methoxy groups -OCH3 is 1. The summed E-state index contributed by atoms with van der Waals surface area (Å²) in [5.41, 5.74) is 1.77. The first-order chi connectivity index (χ1) is 13.7. The van der Waals surface area contributed by atoms with Crippen molar-refractivity contribution in [1.29, 1.82) is 0 Å². The Morgan fingerprint density at radius 2 is 1.75 bits per heavy atom. The van der Waals surface area contributed by atoms with Crippen LogP contribution in [0.3, 0.4) is 0 Å². The van der Waals surface area contributed by atoms with Crippen LogP contribution in [-0.2, 0) is 4.79 Å². The van der Waals surface area contributed by atoms with Gasteiger partial charge in [0.15, 0.2) is 11.7 Å². The molecule has 4 aromatic rings. The number of amides is 1. The van der Waals surface area contributed by atoms with Crippen LogP contribution in [0, 0.1) is 0 Å². The van der Waals surface area contributed by atoms with Crippen LogP contribution < -0.4 is 14.8 Å².